The van der Waals surface area contributed by atoms with E-state index in [9.17, 15) is 13.2 Å². The molecular weight excluding hydrogens is 397 g/mol. The molecule has 9 heteroatoms. The van der Waals surface area contributed by atoms with E-state index in [-0.39, 0.29) is 34.7 Å². The van der Waals surface area contributed by atoms with Crippen molar-refractivity contribution in [3.05, 3.63) is 52.1 Å². The Morgan fingerprint density at radius 1 is 1.23 bits per heavy atom. The number of sulfone groups is 1. The van der Waals surface area contributed by atoms with Crippen molar-refractivity contribution in [1.29, 1.82) is 0 Å². The summed E-state index contributed by atoms with van der Waals surface area (Å²) in [4.78, 5) is 17.8. The molecule has 6 nitrogen and oxygen atoms in total. The van der Waals surface area contributed by atoms with Gasteiger partial charge in [-0.3, -0.25) is 9.69 Å². The van der Waals surface area contributed by atoms with Gasteiger partial charge in [-0.25, -0.2) is 13.4 Å². The first-order valence-corrected chi connectivity index (χ1v) is 10.2. The van der Waals surface area contributed by atoms with Gasteiger partial charge in [-0.2, -0.15) is 0 Å². The third-order valence-corrected chi connectivity index (χ3v) is 5.94. The van der Waals surface area contributed by atoms with Gasteiger partial charge < -0.3 is 5.32 Å². The number of carbonyl (C=O) groups is 1. The zero-order valence-corrected chi connectivity index (χ0v) is 16.7. The number of anilines is 1. The number of hydrogen-bond donors (Lipinski definition) is 1. The van der Waals surface area contributed by atoms with Gasteiger partial charge in [0, 0.05) is 17.3 Å². The molecule has 0 atom stereocenters. The number of aromatic nitrogens is 1. The van der Waals surface area contributed by atoms with E-state index < -0.39 is 9.84 Å². The Morgan fingerprint density at radius 2 is 1.96 bits per heavy atom. The van der Waals surface area contributed by atoms with Crippen LogP contribution in [0.3, 0.4) is 0 Å². The summed E-state index contributed by atoms with van der Waals surface area (Å²) in [5.41, 5.74) is 0.792. The summed E-state index contributed by atoms with van der Waals surface area (Å²) >= 11 is 11.8. The van der Waals surface area contributed by atoms with Gasteiger partial charge in [0.2, 0.25) is 5.91 Å². The lowest BCUT2D eigenvalue weighted by Gasteiger charge is -2.16. The molecule has 140 valence electrons. The van der Waals surface area contributed by atoms with E-state index in [0.717, 1.165) is 5.69 Å². The lowest BCUT2D eigenvalue weighted by molar-refractivity contribution is -0.117. The topological polar surface area (TPSA) is 79.4 Å². The van der Waals surface area contributed by atoms with Crippen LogP contribution in [0.15, 0.2) is 41.3 Å². The maximum atomic E-state index is 12.4. The minimum Gasteiger partial charge on any atom is -0.310 e. The van der Waals surface area contributed by atoms with Crippen molar-refractivity contribution in [1.82, 2.24) is 9.88 Å². The molecule has 1 aromatic carbocycles. The van der Waals surface area contributed by atoms with Gasteiger partial charge in [0.1, 0.15) is 5.82 Å². The molecule has 0 saturated carbocycles. The third kappa shape index (κ3) is 5.95. The monoisotopic (exact) mass is 415 g/mol. The summed E-state index contributed by atoms with van der Waals surface area (Å²) in [6.07, 6.45) is 0. The molecule has 2 rings (SSSR count). The second-order valence-electron chi connectivity index (χ2n) is 5.84. The van der Waals surface area contributed by atoms with Crippen molar-refractivity contribution < 1.29 is 13.2 Å². The predicted octanol–water partition coefficient (Wildman–Crippen LogP) is 3.04. The summed E-state index contributed by atoms with van der Waals surface area (Å²) in [5.74, 6) is 0.00465. The summed E-state index contributed by atoms with van der Waals surface area (Å²) in [6, 6.07) is 9.61. The standard InChI is InChI=1S/C17H19Cl2N3O3S/c1-12-4-3-5-16(20-12)21-17(23)11-22(2)8-9-26(24,25)15-10-13(18)6-7-14(15)19/h3-7,10H,8-9,11H2,1-2H3,(H,20,21,23). The number of rotatable bonds is 7. The second-order valence-corrected chi connectivity index (χ2v) is 8.76. The summed E-state index contributed by atoms with van der Waals surface area (Å²) in [5, 5.41) is 3.10. The highest BCUT2D eigenvalue weighted by molar-refractivity contribution is 7.91. The smallest absolute Gasteiger partial charge is 0.239 e. The van der Waals surface area contributed by atoms with Gasteiger partial charge in [-0.1, -0.05) is 29.3 Å². The van der Waals surface area contributed by atoms with Crippen LogP contribution in [0.5, 0.6) is 0 Å². The number of carbonyl (C=O) groups excluding carboxylic acids is 1. The van der Waals surface area contributed by atoms with E-state index in [1.165, 1.54) is 18.2 Å². The first-order valence-electron chi connectivity index (χ1n) is 7.77. The van der Waals surface area contributed by atoms with E-state index in [1.807, 2.05) is 13.0 Å². The lowest BCUT2D eigenvalue weighted by Crippen LogP contribution is -2.33. The van der Waals surface area contributed by atoms with Crippen LogP contribution in [-0.4, -0.2) is 50.1 Å². The van der Waals surface area contributed by atoms with E-state index in [1.54, 1.807) is 24.1 Å². The maximum absolute atomic E-state index is 12.4. The highest BCUT2D eigenvalue weighted by Gasteiger charge is 2.20. The number of halogens is 2. The molecule has 0 aliphatic carbocycles. The van der Waals surface area contributed by atoms with E-state index in [2.05, 4.69) is 10.3 Å². The molecule has 1 heterocycles. The van der Waals surface area contributed by atoms with Crippen LogP contribution in [0, 0.1) is 6.92 Å². The molecule has 0 spiro atoms. The van der Waals surface area contributed by atoms with Gasteiger partial charge in [0.15, 0.2) is 9.84 Å². The van der Waals surface area contributed by atoms with Crippen molar-refractivity contribution in [2.45, 2.75) is 11.8 Å². The number of hydrogen-bond acceptors (Lipinski definition) is 5. The average Bonchev–Trinajstić information content (AvgIpc) is 2.55. The molecule has 1 N–H and O–H groups in total. The fraction of sp³-hybridized carbons (Fsp3) is 0.294. The highest BCUT2D eigenvalue weighted by Crippen LogP contribution is 2.25. The highest BCUT2D eigenvalue weighted by atomic mass is 35.5. The molecule has 0 radical (unpaired) electrons. The molecule has 26 heavy (non-hydrogen) atoms. The quantitative estimate of drug-likeness (QED) is 0.751. The van der Waals surface area contributed by atoms with Crippen LogP contribution in [0.2, 0.25) is 10.0 Å². The zero-order chi connectivity index (χ0) is 19.3. The SMILES string of the molecule is Cc1cccc(NC(=O)CN(C)CCS(=O)(=O)c2cc(Cl)ccc2Cl)n1. The Balaban J connectivity index is 1.92. The van der Waals surface area contributed by atoms with Crippen LogP contribution in [0.1, 0.15) is 5.69 Å². The van der Waals surface area contributed by atoms with Crippen molar-refractivity contribution in [2.75, 3.05) is 31.2 Å². The van der Waals surface area contributed by atoms with E-state index in [4.69, 9.17) is 23.2 Å². The molecule has 2 aromatic rings. The molecule has 0 aliphatic heterocycles. The molecular formula is C17H19Cl2N3O3S. The second kappa shape index (κ2) is 8.81. The fourth-order valence-corrected chi connectivity index (χ4v) is 4.37. The van der Waals surface area contributed by atoms with Crippen molar-refractivity contribution >= 4 is 44.8 Å². The van der Waals surface area contributed by atoms with E-state index >= 15 is 0 Å². The Labute approximate surface area is 163 Å². The number of amides is 1. The van der Waals surface area contributed by atoms with Crippen LogP contribution >= 0.6 is 23.2 Å². The third-order valence-electron chi connectivity index (χ3n) is 3.54. The Kier molecular flexibility index (Phi) is 7.00. The summed E-state index contributed by atoms with van der Waals surface area (Å²) in [6.45, 7) is 2.03. The van der Waals surface area contributed by atoms with Gasteiger partial charge >= 0.3 is 0 Å². The molecule has 1 aromatic heterocycles. The Bertz CT molecular complexity index is 904. The first-order chi connectivity index (χ1) is 12.2. The summed E-state index contributed by atoms with van der Waals surface area (Å²) in [7, 11) is -1.95. The lowest BCUT2D eigenvalue weighted by atomic mass is 10.3. The Morgan fingerprint density at radius 3 is 2.65 bits per heavy atom. The minimum atomic E-state index is -3.61. The molecule has 0 aliphatic rings. The Hall–Kier alpha value is -1.67. The van der Waals surface area contributed by atoms with Gasteiger partial charge in [0.25, 0.3) is 0 Å². The predicted molar refractivity (Wildman–Crippen MR) is 104 cm³/mol. The van der Waals surface area contributed by atoms with Crippen molar-refractivity contribution in [3.8, 4) is 0 Å². The van der Waals surface area contributed by atoms with Crippen LogP contribution in [-0.2, 0) is 14.6 Å². The number of aryl methyl sites for hydroxylation is 1. The van der Waals surface area contributed by atoms with Crippen molar-refractivity contribution in [3.63, 3.8) is 0 Å². The molecule has 0 fully saturated rings. The number of nitrogens with zero attached hydrogens (tertiary/aromatic N) is 2. The molecule has 0 unspecified atom stereocenters. The molecule has 0 bridgehead atoms. The average molecular weight is 416 g/mol. The normalized spacial score (nSPS) is 11.6. The molecule has 1 amide bonds. The summed E-state index contributed by atoms with van der Waals surface area (Å²) < 4.78 is 24.9. The number of nitrogens with one attached hydrogen (secondary N) is 1. The minimum absolute atomic E-state index is 0.00604. The van der Waals surface area contributed by atoms with Crippen LogP contribution < -0.4 is 5.32 Å². The number of benzene rings is 1. The first kappa shape index (κ1) is 20.6. The van der Waals surface area contributed by atoms with Crippen LogP contribution in [0.4, 0.5) is 5.82 Å². The maximum Gasteiger partial charge on any atom is 0.239 e. The number of pyridine rings is 1. The van der Waals surface area contributed by atoms with Gasteiger partial charge in [0.05, 0.1) is 22.2 Å². The van der Waals surface area contributed by atoms with Crippen LogP contribution in [0.25, 0.3) is 0 Å². The number of likely N-dealkylation sites (N-methyl/N-ethyl adjacent to an activating group) is 1. The fourth-order valence-electron chi connectivity index (χ4n) is 2.22. The zero-order valence-electron chi connectivity index (χ0n) is 14.4. The van der Waals surface area contributed by atoms with Gasteiger partial charge in [-0.15, -0.1) is 0 Å². The largest absolute Gasteiger partial charge is 0.310 e. The molecule has 0 saturated heterocycles. The van der Waals surface area contributed by atoms with E-state index in [0.29, 0.717) is 10.8 Å². The van der Waals surface area contributed by atoms with Gasteiger partial charge in [-0.05, 0) is 44.3 Å². The van der Waals surface area contributed by atoms with Crippen molar-refractivity contribution in [2.24, 2.45) is 0 Å².